The molecule has 15 nitrogen and oxygen atoms in total. The molecule has 1 aliphatic rings. The van der Waals surface area contributed by atoms with Crippen molar-refractivity contribution < 1.29 is 42.8 Å². The summed E-state index contributed by atoms with van der Waals surface area (Å²) >= 11 is 0. The van der Waals surface area contributed by atoms with Crippen molar-refractivity contribution in [3.8, 4) is 11.8 Å². The number of aliphatic hydroxyl groups is 1. The van der Waals surface area contributed by atoms with Crippen molar-refractivity contribution in [2.45, 2.75) is 77.1 Å². The van der Waals surface area contributed by atoms with Crippen LogP contribution in [0.1, 0.15) is 47.2 Å². The molecule has 0 unspecified atom stereocenters. The van der Waals surface area contributed by atoms with Gasteiger partial charge in [-0.2, -0.15) is 0 Å². The van der Waals surface area contributed by atoms with E-state index in [1.165, 1.54) is 30.8 Å². The summed E-state index contributed by atoms with van der Waals surface area (Å²) in [5, 5.41) is 29.5. The van der Waals surface area contributed by atoms with Gasteiger partial charge in [0.15, 0.2) is 0 Å². The summed E-state index contributed by atoms with van der Waals surface area (Å²) in [7, 11) is -4.52. The number of hydrogen-bond donors (Lipinski definition) is 4. The van der Waals surface area contributed by atoms with Gasteiger partial charge in [0, 0.05) is 0 Å². The summed E-state index contributed by atoms with van der Waals surface area (Å²) in [4.78, 5) is 41.1. The fourth-order valence-electron chi connectivity index (χ4n) is 4.89. The predicted molar refractivity (Wildman–Crippen MR) is 162 cm³/mol. The Labute approximate surface area is 260 Å². The Bertz CT molecular complexity index is 1560. The Morgan fingerprint density at radius 2 is 1.87 bits per heavy atom. The number of ether oxygens (including phenoxy) is 3. The number of nitrogen functional groups attached to an aromatic ring is 1. The van der Waals surface area contributed by atoms with Crippen LogP contribution >= 0.6 is 8.09 Å². The van der Waals surface area contributed by atoms with Crippen molar-refractivity contribution in [2.24, 2.45) is 5.92 Å². The molecule has 0 saturated carbocycles. The van der Waals surface area contributed by atoms with Crippen LogP contribution in [-0.2, 0) is 33.9 Å². The van der Waals surface area contributed by atoms with E-state index in [1.54, 1.807) is 64.1 Å². The van der Waals surface area contributed by atoms with Gasteiger partial charge in [-0.3, -0.25) is 0 Å². The second kappa shape index (κ2) is 13.2. The summed E-state index contributed by atoms with van der Waals surface area (Å²) in [6.07, 6.45) is -2.04. The van der Waals surface area contributed by atoms with E-state index in [2.05, 4.69) is 15.2 Å². The van der Waals surface area contributed by atoms with Gasteiger partial charge in [0.2, 0.25) is 0 Å². The predicted octanol–water partition coefficient (Wildman–Crippen LogP) is 2.18. The maximum atomic E-state index is 12.8. The molecule has 5 atom stereocenters. The molecule has 244 valence electrons. The number of esters is 2. The van der Waals surface area contributed by atoms with E-state index in [4.69, 9.17) is 29.0 Å². The number of carbonyl (C=O) groups excluding carboxylic acids is 2. The van der Waals surface area contributed by atoms with Crippen molar-refractivity contribution >= 4 is 31.4 Å². The Morgan fingerprint density at radius 3 is 2.49 bits per heavy atom. The number of carbonyl (C=O) groups is 2. The van der Waals surface area contributed by atoms with Crippen molar-refractivity contribution in [1.82, 2.24) is 19.7 Å². The van der Waals surface area contributed by atoms with Crippen LogP contribution in [-0.4, -0.2) is 73.1 Å². The summed E-state index contributed by atoms with van der Waals surface area (Å²) < 4.78 is 30.3. The first-order valence-electron chi connectivity index (χ1n) is 14.3. The molecule has 0 amide bonds. The van der Waals surface area contributed by atoms with Crippen molar-refractivity contribution in [3.63, 3.8) is 0 Å². The zero-order valence-electron chi connectivity index (χ0n) is 25.8. The molecule has 3 aromatic rings. The first-order chi connectivity index (χ1) is 21.1. The summed E-state index contributed by atoms with van der Waals surface area (Å²) in [6, 6.07) is 12.3. The van der Waals surface area contributed by atoms with Gasteiger partial charge < -0.3 is 0 Å². The number of nitrogens with zero attached hydrogens (tertiary/aromatic N) is 4. The number of anilines is 1. The van der Waals surface area contributed by atoms with E-state index in [-0.39, 0.29) is 17.3 Å². The molecule has 16 heteroatoms. The standard InChI is InChI=1S/C29H39N6O9P/c1-17(2)26(36)42-24-22(43-29(15-30,28(24,6)38)23-13-12-21-25(31)32-16-33-35(21)23)14-40-45(39,44-20-10-8-7-9-11-20)34-19(5)27(37)41-18(3)4/h7-13,16-19,22,24,34,38-39,45H,14H2,1-6H3,(H2,31,32,33)/t19-,22-,24-,28-,29+/m1/s1. The normalized spacial score (nSPS) is 24.4. The van der Waals surface area contributed by atoms with Crippen molar-refractivity contribution in [1.29, 1.82) is 5.26 Å². The molecule has 4 rings (SSSR count). The molecular formula is C29H39N6O9P. The summed E-state index contributed by atoms with van der Waals surface area (Å²) in [5.41, 5.74) is 2.08. The zero-order valence-corrected chi connectivity index (χ0v) is 26.8. The van der Waals surface area contributed by atoms with Crippen LogP contribution in [0.3, 0.4) is 0 Å². The van der Waals surface area contributed by atoms with E-state index in [0.717, 1.165) is 0 Å². The van der Waals surface area contributed by atoms with Crippen LogP contribution in [0, 0.1) is 17.2 Å². The number of nitrogens with two attached hydrogens (primary N) is 1. The monoisotopic (exact) mass is 646 g/mol. The van der Waals surface area contributed by atoms with Crippen LogP contribution in [0.25, 0.3) is 5.52 Å². The van der Waals surface area contributed by atoms with Crippen molar-refractivity contribution in [3.05, 3.63) is 54.5 Å². The van der Waals surface area contributed by atoms with Gasteiger partial charge in [0.05, 0.1) is 0 Å². The van der Waals surface area contributed by atoms with Gasteiger partial charge in [-0.05, 0) is 0 Å². The van der Waals surface area contributed by atoms with E-state index in [0.29, 0.717) is 5.52 Å². The fraction of sp³-hybridized carbons (Fsp3) is 0.483. The third-order valence-electron chi connectivity index (χ3n) is 7.19. The summed E-state index contributed by atoms with van der Waals surface area (Å²) in [5.74, 6) is -1.58. The van der Waals surface area contributed by atoms with Crippen LogP contribution < -0.4 is 15.3 Å². The molecular weight excluding hydrogens is 607 g/mol. The molecule has 1 saturated heterocycles. The second-order valence-corrected chi connectivity index (χ2v) is 13.4. The number of para-hydroxylation sites is 1. The minimum absolute atomic E-state index is 0.0865. The number of hydrogen-bond acceptors (Lipinski definition) is 14. The Hall–Kier alpha value is -3.90. The number of benzene rings is 1. The molecule has 5 N–H and O–H groups in total. The number of rotatable bonds is 12. The Kier molecular flexibility index (Phi) is 9.98. The first kappa shape index (κ1) is 34.0. The van der Waals surface area contributed by atoms with E-state index in [9.17, 15) is 24.9 Å². The molecule has 0 aliphatic carbocycles. The van der Waals surface area contributed by atoms with Crippen LogP contribution in [0.4, 0.5) is 5.82 Å². The quantitative estimate of drug-likeness (QED) is 0.164. The second-order valence-electron chi connectivity index (χ2n) is 11.4. The van der Waals surface area contributed by atoms with Gasteiger partial charge >= 0.3 is 261 Å². The molecule has 1 aliphatic heterocycles. The van der Waals surface area contributed by atoms with E-state index < -0.39 is 68.1 Å². The number of fused-ring (bicyclic) bond motifs is 1. The SMILES string of the molecule is CC(C)OC(=O)[C@@H](C)N[PH](O)(OC[C@H]1O[C@@](C#N)(c2ccc3c(N)ncnn23)[C@](C)(O)[C@@H]1OC(=O)C(C)C)Oc1ccccc1. The molecule has 2 aromatic heterocycles. The minimum atomic E-state index is -4.52. The van der Waals surface area contributed by atoms with Gasteiger partial charge in [-0.15, -0.1) is 0 Å². The molecule has 3 heterocycles. The topological polar surface area (TPSA) is 213 Å². The van der Waals surface area contributed by atoms with Crippen molar-refractivity contribution in [2.75, 3.05) is 12.3 Å². The zero-order chi connectivity index (χ0) is 33.2. The molecule has 45 heavy (non-hydrogen) atoms. The van der Waals surface area contributed by atoms with E-state index in [1.807, 2.05) is 6.07 Å². The first-order valence-corrected chi connectivity index (χ1v) is 16.1. The van der Waals surface area contributed by atoms with Gasteiger partial charge in [-0.1, -0.05) is 0 Å². The number of nitrogens with one attached hydrogen (secondary N) is 1. The molecule has 0 bridgehead atoms. The van der Waals surface area contributed by atoms with E-state index >= 15 is 0 Å². The van der Waals surface area contributed by atoms with Gasteiger partial charge in [-0.25, -0.2) is 0 Å². The average molecular weight is 647 g/mol. The van der Waals surface area contributed by atoms with Crippen LogP contribution in [0.15, 0.2) is 48.8 Å². The Morgan fingerprint density at radius 1 is 1.18 bits per heavy atom. The third kappa shape index (κ3) is 6.86. The average Bonchev–Trinajstić information content (AvgIpc) is 3.50. The molecule has 0 spiro atoms. The maximum absolute atomic E-state index is 12.8. The van der Waals surface area contributed by atoms with Crippen LogP contribution in [0.2, 0.25) is 0 Å². The van der Waals surface area contributed by atoms with Gasteiger partial charge in [0.1, 0.15) is 0 Å². The number of nitriles is 1. The Balaban J connectivity index is 1.72. The van der Waals surface area contributed by atoms with Crippen LogP contribution in [0.5, 0.6) is 5.75 Å². The fourth-order valence-corrected chi connectivity index (χ4v) is 6.60. The third-order valence-corrected chi connectivity index (χ3v) is 9.06. The molecule has 1 aromatic carbocycles. The van der Waals surface area contributed by atoms with Gasteiger partial charge in [0.25, 0.3) is 0 Å². The number of aromatic nitrogens is 3. The summed E-state index contributed by atoms with van der Waals surface area (Å²) in [6.45, 7) is 8.80. The molecule has 1 fully saturated rings. The molecule has 0 radical (unpaired) electrons.